The van der Waals surface area contributed by atoms with E-state index in [4.69, 9.17) is 9.47 Å². The van der Waals surface area contributed by atoms with Crippen LogP contribution in [0.1, 0.15) is 33.1 Å². The van der Waals surface area contributed by atoms with E-state index in [2.05, 4.69) is 19.2 Å². The molecular weight excluding hydrogens is 178 g/mol. The Balaban J connectivity index is 2.10. The Morgan fingerprint density at radius 3 is 2.64 bits per heavy atom. The smallest absolute Gasteiger partial charge is 0.0623 e. The Morgan fingerprint density at radius 2 is 2.07 bits per heavy atom. The van der Waals surface area contributed by atoms with Crippen LogP contribution in [0.25, 0.3) is 0 Å². The SMILES string of the molecule is CCNC(CC)COC1CCOCC1. The van der Waals surface area contributed by atoms with Crippen molar-refractivity contribution in [3.8, 4) is 0 Å². The number of nitrogens with one attached hydrogen (secondary N) is 1. The van der Waals surface area contributed by atoms with Crippen LogP contribution in [-0.4, -0.2) is 38.5 Å². The highest BCUT2D eigenvalue weighted by Crippen LogP contribution is 2.11. The van der Waals surface area contributed by atoms with Crippen LogP contribution in [0.15, 0.2) is 0 Å². The van der Waals surface area contributed by atoms with Crippen LogP contribution in [0, 0.1) is 0 Å². The van der Waals surface area contributed by atoms with E-state index in [-0.39, 0.29) is 0 Å². The largest absolute Gasteiger partial charge is 0.381 e. The van der Waals surface area contributed by atoms with Gasteiger partial charge in [-0.1, -0.05) is 13.8 Å². The fraction of sp³-hybridized carbons (Fsp3) is 1.00. The molecule has 0 bridgehead atoms. The van der Waals surface area contributed by atoms with Gasteiger partial charge >= 0.3 is 0 Å². The van der Waals surface area contributed by atoms with Crippen molar-refractivity contribution in [2.24, 2.45) is 0 Å². The minimum Gasteiger partial charge on any atom is -0.381 e. The minimum atomic E-state index is 0.427. The number of hydrogen-bond acceptors (Lipinski definition) is 3. The lowest BCUT2D eigenvalue weighted by molar-refractivity contribution is -0.0381. The van der Waals surface area contributed by atoms with Crippen LogP contribution in [0.2, 0.25) is 0 Å². The fourth-order valence-corrected chi connectivity index (χ4v) is 1.70. The molecule has 0 spiro atoms. The first-order valence-corrected chi connectivity index (χ1v) is 5.79. The van der Waals surface area contributed by atoms with Gasteiger partial charge in [0.2, 0.25) is 0 Å². The second-order valence-electron chi connectivity index (χ2n) is 3.81. The predicted octanol–water partition coefficient (Wildman–Crippen LogP) is 1.57. The van der Waals surface area contributed by atoms with Crippen LogP contribution >= 0.6 is 0 Å². The Bertz CT molecular complexity index is 130. The molecule has 0 saturated carbocycles. The molecule has 1 N–H and O–H groups in total. The average molecular weight is 201 g/mol. The molecule has 0 aromatic rings. The van der Waals surface area contributed by atoms with E-state index >= 15 is 0 Å². The van der Waals surface area contributed by atoms with Crippen molar-refractivity contribution in [2.45, 2.75) is 45.3 Å². The molecule has 1 unspecified atom stereocenters. The van der Waals surface area contributed by atoms with E-state index < -0.39 is 0 Å². The summed E-state index contributed by atoms with van der Waals surface area (Å²) in [5.41, 5.74) is 0. The molecule has 0 aliphatic carbocycles. The lowest BCUT2D eigenvalue weighted by Crippen LogP contribution is -2.35. The fourth-order valence-electron chi connectivity index (χ4n) is 1.70. The third kappa shape index (κ3) is 4.40. The van der Waals surface area contributed by atoms with Crippen molar-refractivity contribution in [1.29, 1.82) is 0 Å². The number of likely N-dealkylation sites (N-methyl/N-ethyl adjacent to an activating group) is 1. The molecule has 1 atom stereocenters. The highest BCUT2D eigenvalue weighted by Gasteiger charge is 2.15. The average Bonchev–Trinajstić information content (AvgIpc) is 2.25. The summed E-state index contributed by atoms with van der Waals surface area (Å²) >= 11 is 0. The molecular formula is C11H23NO2. The first-order valence-electron chi connectivity index (χ1n) is 5.79. The maximum atomic E-state index is 5.85. The Labute approximate surface area is 87.2 Å². The molecule has 84 valence electrons. The maximum Gasteiger partial charge on any atom is 0.0623 e. The minimum absolute atomic E-state index is 0.427. The van der Waals surface area contributed by atoms with Crippen molar-refractivity contribution in [3.63, 3.8) is 0 Å². The van der Waals surface area contributed by atoms with Crippen molar-refractivity contribution < 1.29 is 9.47 Å². The summed E-state index contributed by atoms with van der Waals surface area (Å²) in [5, 5.41) is 3.42. The van der Waals surface area contributed by atoms with Gasteiger partial charge < -0.3 is 14.8 Å². The molecule has 1 fully saturated rings. The van der Waals surface area contributed by atoms with Gasteiger partial charge in [-0.3, -0.25) is 0 Å². The summed E-state index contributed by atoms with van der Waals surface area (Å²) in [5.74, 6) is 0. The van der Waals surface area contributed by atoms with E-state index in [1.807, 2.05) is 0 Å². The van der Waals surface area contributed by atoms with Gasteiger partial charge in [0.15, 0.2) is 0 Å². The molecule has 0 amide bonds. The van der Waals surface area contributed by atoms with Gasteiger partial charge in [-0.25, -0.2) is 0 Å². The summed E-state index contributed by atoms with van der Waals surface area (Å²) < 4.78 is 11.1. The number of ether oxygens (including phenoxy) is 2. The van der Waals surface area contributed by atoms with Crippen LogP contribution < -0.4 is 5.32 Å². The second kappa shape index (κ2) is 7.21. The van der Waals surface area contributed by atoms with E-state index in [0.29, 0.717) is 12.1 Å². The van der Waals surface area contributed by atoms with Crippen molar-refractivity contribution in [1.82, 2.24) is 5.32 Å². The van der Waals surface area contributed by atoms with Crippen LogP contribution in [0.5, 0.6) is 0 Å². The van der Waals surface area contributed by atoms with Gasteiger partial charge in [0.1, 0.15) is 0 Å². The zero-order chi connectivity index (χ0) is 10.2. The summed E-state index contributed by atoms with van der Waals surface area (Å²) in [6.07, 6.45) is 3.68. The molecule has 14 heavy (non-hydrogen) atoms. The predicted molar refractivity (Wildman–Crippen MR) is 57.5 cm³/mol. The van der Waals surface area contributed by atoms with Crippen molar-refractivity contribution in [2.75, 3.05) is 26.4 Å². The summed E-state index contributed by atoms with van der Waals surface area (Å²) in [6.45, 7) is 7.92. The van der Waals surface area contributed by atoms with Gasteiger partial charge in [0.05, 0.1) is 12.7 Å². The van der Waals surface area contributed by atoms with Gasteiger partial charge in [-0.2, -0.15) is 0 Å². The Kier molecular flexibility index (Phi) is 6.15. The molecule has 0 aromatic heterocycles. The van der Waals surface area contributed by atoms with Gasteiger partial charge in [-0.15, -0.1) is 0 Å². The zero-order valence-corrected chi connectivity index (χ0v) is 9.42. The topological polar surface area (TPSA) is 30.5 Å². The lowest BCUT2D eigenvalue weighted by atomic mass is 10.1. The van der Waals surface area contributed by atoms with Crippen LogP contribution in [0.4, 0.5) is 0 Å². The molecule has 1 rings (SSSR count). The Morgan fingerprint density at radius 1 is 1.36 bits per heavy atom. The third-order valence-electron chi connectivity index (χ3n) is 2.69. The normalized spacial score (nSPS) is 21.0. The number of rotatable bonds is 6. The molecule has 1 heterocycles. The molecule has 3 heteroatoms. The lowest BCUT2D eigenvalue weighted by Gasteiger charge is -2.25. The second-order valence-corrected chi connectivity index (χ2v) is 3.81. The standard InChI is InChI=1S/C11H23NO2/c1-3-10(12-4-2)9-14-11-5-7-13-8-6-11/h10-12H,3-9H2,1-2H3. The molecule has 1 aliphatic heterocycles. The maximum absolute atomic E-state index is 5.85. The highest BCUT2D eigenvalue weighted by molar-refractivity contribution is 4.67. The van der Waals surface area contributed by atoms with E-state index in [1.54, 1.807) is 0 Å². The summed E-state index contributed by atoms with van der Waals surface area (Å²) in [7, 11) is 0. The van der Waals surface area contributed by atoms with E-state index in [1.165, 1.54) is 0 Å². The van der Waals surface area contributed by atoms with Gasteiger partial charge in [0, 0.05) is 19.3 Å². The van der Waals surface area contributed by atoms with E-state index in [0.717, 1.165) is 45.6 Å². The molecule has 1 aliphatic rings. The molecule has 3 nitrogen and oxygen atoms in total. The van der Waals surface area contributed by atoms with Gasteiger partial charge in [-0.05, 0) is 25.8 Å². The zero-order valence-electron chi connectivity index (χ0n) is 9.42. The van der Waals surface area contributed by atoms with Gasteiger partial charge in [0.25, 0.3) is 0 Å². The monoisotopic (exact) mass is 201 g/mol. The van der Waals surface area contributed by atoms with Crippen LogP contribution in [0.3, 0.4) is 0 Å². The highest BCUT2D eigenvalue weighted by atomic mass is 16.5. The molecule has 0 aromatic carbocycles. The third-order valence-corrected chi connectivity index (χ3v) is 2.69. The van der Waals surface area contributed by atoms with Crippen molar-refractivity contribution in [3.05, 3.63) is 0 Å². The summed E-state index contributed by atoms with van der Waals surface area (Å²) in [6, 6.07) is 0.517. The first kappa shape index (κ1) is 12.0. The molecule has 0 radical (unpaired) electrons. The quantitative estimate of drug-likeness (QED) is 0.707. The van der Waals surface area contributed by atoms with E-state index in [9.17, 15) is 0 Å². The number of hydrogen-bond donors (Lipinski definition) is 1. The van der Waals surface area contributed by atoms with Crippen molar-refractivity contribution >= 4 is 0 Å². The molecule has 1 saturated heterocycles. The first-order chi connectivity index (χ1) is 6.86. The van der Waals surface area contributed by atoms with Crippen LogP contribution in [-0.2, 0) is 9.47 Å². The Hall–Kier alpha value is -0.120. The summed E-state index contributed by atoms with van der Waals surface area (Å²) in [4.78, 5) is 0.